The number of esters is 1. The number of hydrogen-bond donors (Lipinski definition) is 0. The summed E-state index contributed by atoms with van der Waals surface area (Å²) in [6.45, 7) is 4.60. The molecule has 2 aromatic rings. The second-order valence-electron chi connectivity index (χ2n) is 4.84. The monoisotopic (exact) mass is 284 g/mol. The van der Waals surface area contributed by atoms with Crippen molar-refractivity contribution in [1.82, 2.24) is 9.97 Å². The molecule has 0 aliphatic rings. The highest BCUT2D eigenvalue weighted by Gasteiger charge is 2.08. The molecular formula is C17H20N2O2. The summed E-state index contributed by atoms with van der Waals surface area (Å²) in [6, 6.07) is 7.19. The number of nitrogens with zero attached hydrogens (tertiary/aromatic N) is 2. The van der Waals surface area contributed by atoms with Crippen LogP contribution in [-0.2, 0) is 11.2 Å². The summed E-state index contributed by atoms with van der Waals surface area (Å²) in [4.78, 5) is 20.5. The topological polar surface area (TPSA) is 52.1 Å². The summed E-state index contributed by atoms with van der Waals surface area (Å²) in [7, 11) is 0. The number of benzene rings is 1. The standard InChI is InChI=1S/C17H20N2O2/c1-3-5-10-21-17(20)15-8-6-14(7-9-15)16-18-11-13(4-2)12-19-16/h6-9,11-12H,3-5,10H2,1-2H3. The Kier molecular flexibility index (Phi) is 5.43. The zero-order chi connectivity index (χ0) is 15.1. The summed E-state index contributed by atoms with van der Waals surface area (Å²) in [6.07, 6.45) is 6.48. The second kappa shape index (κ2) is 7.53. The van der Waals surface area contributed by atoms with E-state index >= 15 is 0 Å². The van der Waals surface area contributed by atoms with Crippen LogP contribution in [0.2, 0.25) is 0 Å². The van der Waals surface area contributed by atoms with E-state index in [0.717, 1.165) is 30.4 Å². The van der Waals surface area contributed by atoms with E-state index < -0.39 is 0 Å². The van der Waals surface area contributed by atoms with Crippen molar-refractivity contribution in [2.75, 3.05) is 6.61 Å². The quantitative estimate of drug-likeness (QED) is 0.600. The normalized spacial score (nSPS) is 10.4. The molecule has 4 nitrogen and oxygen atoms in total. The number of unbranched alkanes of at least 4 members (excludes halogenated alkanes) is 1. The lowest BCUT2D eigenvalue weighted by Gasteiger charge is -2.05. The zero-order valence-corrected chi connectivity index (χ0v) is 12.5. The van der Waals surface area contributed by atoms with Crippen LogP contribution in [0.1, 0.15) is 42.6 Å². The van der Waals surface area contributed by atoms with E-state index in [1.807, 2.05) is 24.5 Å². The van der Waals surface area contributed by atoms with Crippen LogP contribution in [0.5, 0.6) is 0 Å². The first-order valence-corrected chi connectivity index (χ1v) is 7.33. The Morgan fingerprint density at radius 2 is 1.76 bits per heavy atom. The average molecular weight is 284 g/mol. The van der Waals surface area contributed by atoms with Crippen molar-refractivity contribution in [3.05, 3.63) is 47.8 Å². The summed E-state index contributed by atoms with van der Waals surface area (Å²) in [5, 5.41) is 0. The Bertz CT molecular complexity index is 577. The van der Waals surface area contributed by atoms with Crippen LogP contribution in [0.3, 0.4) is 0 Å². The van der Waals surface area contributed by atoms with Gasteiger partial charge in [0.1, 0.15) is 0 Å². The molecule has 1 aromatic carbocycles. The Morgan fingerprint density at radius 1 is 1.10 bits per heavy atom. The third-order valence-electron chi connectivity index (χ3n) is 3.22. The van der Waals surface area contributed by atoms with E-state index in [1.54, 1.807) is 12.1 Å². The van der Waals surface area contributed by atoms with Crippen molar-refractivity contribution in [3.8, 4) is 11.4 Å². The fourth-order valence-electron chi connectivity index (χ4n) is 1.83. The van der Waals surface area contributed by atoms with Gasteiger partial charge in [-0.15, -0.1) is 0 Å². The molecule has 0 spiro atoms. The number of carbonyl (C=O) groups excluding carboxylic acids is 1. The molecule has 0 radical (unpaired) electrons. The van der Waals surface area contributed by atoms with Gasteiger partial charge in [-0.2, -0.15) is 0 Å². The van der Waals surface area contributed by atoms with Gasteiger partial charge >= 0.3 is 5.97 Å². The summed E-state index contributed by atoms with van der Waals surface area (Å²) >= 11 is 0. The maximum Gasteiger partial charge on any atom is 0.338 e. The van der Waals surface area contributed by atoms with Crippen molar-refractivity contribution in [2.24, 2.45) is 0 Å². The number of carbonyl (C=O) groups is 1. The van der Waals surface area contributed by atoms with Crippen LogP contribution in [0.15, 0.2) is 36.7 Å². The van der Waals surface area contributed by atoms with Crippen LogP contribution < -0.4 is 0 Å². The van der Waals surface area contributed by atoms with Crippen LogP contribution >= 0.6 is 0 Å². The molecular weight excluding hydrogens is 264 g/mol. The van der Waals surface area contributed by atoms with E-state index in [0.29, 0.717) is 18.0 Å². The maximum absolute atomic E-state index is 11.8. The molecule has 0 saturated heterocycles. The lowest BCUT2D eigenvalue weighted by Crippen LogP contribution is -2.06. The Morgan fingerprint density at radius 3 is 2.33 bits per heavy atom. The van der Waals surface area contributed by atoms with E-state index in [2.05, 4.69) is 23.8 Å². The molecule has 0 unspecified atom stereocenters. The first-order valence-electron chi connectivity index (χ1n) is 7.33. The zero-order valence-electron chi connectivity index (χ0n) is 12.5. The molecule has 110 valence electrons. The van der Waals surface area contributed by atoms with Gasteiger partial charge in [0.2, 0.25) is 0 Å². The first kappa shape index (κ1) is 15.2. The smallest absolute Gasteiger partial charge is 0.338 e. The SMILES string of the molecule is CCCCOC(=O)c1ccc(-c2ncc(CC)cn2)cc1. The van der Waals surface area contributed by atoms with Gasteiger partial charge in [-0.25, -0.2) is 14.8 Å². The lowest BCUT2D eigenvalue weighted by molar-refractivity contribution is 0.0500. The highest BCUT2D eigenvalue weighted by atomic mass is 16.5. The number of rotatable bonds is 6. The minimum atomic E-state index is -0.280. The molecule has 0 aliphatic heterocycles. The van der Waals surface area contributed by atoms with Gasteiger partial charge in [0, 0.05) is 18.0 Å². The van der Waals surface area contributed by atoms with Gasteiger partial charge in [0.25, 0.3) is 0 Å². The van der Waals surface area contributed by atoms with Gasteiger partial charge < -0.3 is 4.74 Å². The highest BCUT2D eigenvalue weighted by Crippen LogP contribution is 2.16. The summed E-state index contributed by atoms with van der Waals surface area (Å²) < 4.78 is 5.17. The Balaban J connectivity index is 2.05. The number of hydrogen-bond acceptors (Lipinski definition) is 4. The van der Waals surface area contributed by atoms with Crippen LogP contribution in [0, 0.1) is 0 Å². The van der Waals surface area contributed by atoms with Gasteiger partial charge in [0.05, 0.1) is 12.2 Å². The van der Waals surface area contributed by atoms with Gasteiger partial charge in [-0.05, 0) is 30.5 Å². The third kappa shape index (κ3) is 4.12. The average Bonchev–Trinajstić information content (AvgIpc) is 2.55. The van der Waals surface area contributed by atoms with E-state index in [4.69, 9.17) is 4.74 Å². The molecule has 4 heteroatoms. The minimum absolute atomic E-state index is 0.280. The van der Waals surface area contributed by atoms with Crippen molar-refractivity contribution < 1.29 is 9.53 Å². The number of ether oxygens (including phenoxy) is 1. The first-order chi connectivity index (χ1) is 10.2. The van der Waals surface area contributed by atoms with Crippen molar-refractivity contribution >= 4 is 5.97 Å². The Labute approximate surface area is 125 Å². The molecule has 0 amide bonds. The number of aryl methyl sites for hydroxylation is 1. The molecule has 2 rings (SSSR count). The fraction of sp³-hybridized carbons (Fsp3) is 0.353. The number of aromatic nitrogens is 2. The molecule has 0 N–H and O–H groups in total. The van der Waals surface area contributed by atoms with Crippen molar-refractivity contribution in [3.63, 3.8) is 0 Å². The molecule has 21 heavy (non-hydrogen) atoms. The molecule has 1 aromatic heterocycles. The van der Waals surface area contributed by atoms with Gasteiger partial charge in [0.15, 0.2) is 5.82 Å². The minimum Gasteiger partial charge on any atom is -0.462 e. The van der Waals surface area contributed by atoms with Crippen molar-refractivity contribution in [2.45, 2.75) is 33.1 Å². The lowest BCUT2D eigenvalue weighted by atomic mass is 10.1. The van der Waals surface area contributed by atoms with Crippen molar-refractivity contribution in [1.29, 1.82) is 0 Å². The molecule has 0 saturated carbocycles. The molecule has 0 atom stereocenters. The molecule has 0 aliphatic carbocycles. The largest absolute Gasteiger partial charge is 0.462 e. The van der Waals surface area contributed by atoms with Crippen LogP contribution in [0.4, 0.5) is 0 Å². The third-order valence-corrected chi connectivity index (χ3v) is 3.22. The van der Waals surface area contributed by atoms with Gasteiger partial charge in [-0.1, -0.05) is 32.4 Å². The predicted molar refractivity (Wildman–Crippen MR) is 82.0 cm³/mol. The summed E-state index contributed by atoms with van der Waals surface area (Å²) in [5.74, 6) is 0.385. The van der Waals surface area contributed by atoms with Crippen LogP contribution in [0.25, 0.3) is 11.4 Å². The summed E-state index contributed by atoms with van der Waals surface area (Å²) in [5.41, 5.74) is 2.55. The van der Waals surface area contributed by atoms with Gasteiger partial charge in [-0.3, -0.25) is 0 Å². The van der Waals surface area contributed by atoms with Crippen LogP contribution in [-0.4, -0.2) is 22.5 Å². The fourth-order valence-corrected chi connectivity index (χ4v) is 1.83. The maximum atomic E-state index is 11.8. The molecule has 0 bridgehead atoms. The molecule has 1 heterocycles. The highest BCUT2D eigenvalue weighted by molar-refractivity contribution is 5.89. The van der Waals surface area contributed by atoms with E-state index in [1.165, 1.54) is 0 Å². The van der Waals surface area contributed by atoms with E-state index in [-0.39, 0.29) is 5.97 Å². The van der Waals surface area contributed by atoms with E-state index in [9.17, 15) is 4.79 Å². The Hall–Kier alpha value is -2.23. The predicted octanol–water partition coefficient (Wildman–Crippen LogP) is 3.66. The second-order valence-corrected chi connectivity index (χ2v) is 4.84. The molecule has 0 fully saturated rings.